The molecule has 5 heteroatoms. The van der Waals surface area contributed by atoms with E-state index in [1.807, 2.05) is 0 Å². The second-order valence-corrected chi connectivity index (χ2v) is 4.86. The molecular weight excluding hydrogens is 242 g/mol. The molecule has 1 fully saturated rings. The highest BCUT2D eigenvalue weighted by molar-refractivity contribution is 5.93. The molecular formula is C14H15N3O2. The summed E-state index contributed by atoms with van der Waals surface area (Å²) in [5, 5.41) is 2.91. The first-order chi connectivity index (χ1) is 9.25. The zero-order valence-electron chi connectivity index (χ0n) is 10.5. The lowest BCUT2D eigenvalue weighted by Crippen LogP contribution is -2.37. The molecule has 2 aromatic heterocycles. The third-order valence-corrected chi connectivity index (χ3v) is 3.55. The lowest BCUT2D eigenvalue weighted by atomic mass is 10.2. The molecule has 0 unspecified atom stereocenters. The first kappa shape index (κ1) is 11.9. The minimum absolute atomic E-state index is 0.107. The molecule has 0 saturated heterocycles. The number of nitrogens with zero attached hydrogens (tertiary/aromatic N) is 2. The third kappa shape index (κ3) is 2.23. The van der Waals surface area contributed by atoms with Gasteiger partial charge in [0.25, 0.3) is 11.5 Å². The summed E-state index contributed by atoms with van der Waals surface area (Å²) in [5.41, 5.74) is 0.335. The molecule has 98 valence electrons. The van der Waals surface area contributed by atoms with Crippen LogP contribution >= 0.6 is 0 Å². The molecule has 5 nitrogen and oxygen atoms in total. The topological polar surface area (TPSA) is 63.5 Å². The molecule has 2 heterocycles. The van der Waals surface area contributed by atoms with E-state index in [9.17, 15) is 9.59 Å². The molecule has 0 radical (unpaired) electrons. The number of nitrogens with one attached hydrogen (secondary N) is 1. The molecule has 0 spiro atoms. The summed E-state index contributed by atoms with van der Waals surface area (Å²) in [4.78, 5) is 28.4. The number of carbonyl (C=O) groups is 1. The quantitative estimate of drug-likeness (QED) is 0.883. The largest absolute Gasteiger partial charge is 0.349 e. The lowest BCUT2D eigenvalue weighted by molar-refractivity contribution is 0.0936. The number of rotatable bonds is 2. The van der Waals surface area contributed by atoms with Crippen molar-refractivity contribution in [3.63, 3.8) is 0 Å². The van der Waals surface area contributed by atoms with E-state index in [4.69, 9.17) is 0 Å². The normalized spacial score (nSPS) is 15.8. The fourth-order valence-electron chi connectivity index (χ4n) is 2.52. The Labute approximate surface area is 110 Å². The van der Waals surface area contributed by atoms with Gasteiger partial charge in [-0.25, -0.2) is 4.98 Å². The van der Waals surface area contributed by atoms with E-state index in [0.717, 1.165) is 25.7 Å². The minimum atomic E-state index is -0.318. The zero-order valence-corrected chi connectivity index (χ0v) is 10.5. The summed E-state index contributed by atoms with van der Waals surface area (Å²) in [6, 6.07) is 5.48. The van der Waals surface area contributed by atoms with E-state index in [1.54, 1.807) is 24.4 Å². The molecule has 1 aliphatic carbocycles. The second-order valence-electron chi connectivity index (χ2n) is 4.86. The summed E-state index contributed by atoms with van der Waals surface area (Å²) in [6.07, 6.45) is 7.25. The Kier molecular flexibility index (Phi) is 3.03. The van der Waals surface area contributed by atoms with E-state index in [1.165, 1.54) is 10.6 Å². The van der Waals surface area contributed by atoms with Crippen LogP contribution in [0.2, 0.25) is 0 Å². The summed E-state index contributed by atoms with van der Waals surface area (Å²) >= 11 is 0. The SMILES string of the molecule is O=C(NC1CCCC1)c1cnc2ccccn2c1=O. The molecule has 2 aromatic rings. The monoisotopic (exact) mass is 257 g/mol. The lowest BCUT2D eigenvalue weighted by Gasteiger charge is -2.11. The van der Waals surface area contributed by atoms with Gasteiger partial charge < -0.3 is 5.32 Å². The van der Waals surface area contributed by atoms with E-state index in [-0.39, 0.29) is 23.1 Å². The molecule has 0 atom stereocenters. The first-order valence-corrected chi connectivity index (χ1v) is 6.53. The van der Waals surface area contributed by atoms with Crippen LogP contribution in [0.4, 0.5) is 0 Å². The Morgan fingerprint density at radius 2 is 2.11 bits per heavy atom. The van der Waals surface area contributed by atoms with Crippen LogP contribution in [0.5, 0.6) is 0 Å². The first-order valence-electron chi connectivity index (χ1n) is 6.53. The maximum Gasteiger partial charge on any atom is 0.270 e. The zero-order chi connectivity index (χ0) is 13.2. The summed E-state index contributed by atoms with van der Waals surface area (Å²) in [5.74, 6) is -0.317. The van der Waals surface area contributed by atoms with Gasteiger partial charge in [0, 0.05) is 18.4 Å². The molecule has 1 saturated carbocycles. The van der Waals surface area contributed by atoms with Crippen LogP contribution in [0.3, 0.4) is 0 Å². The number of hydrogen-bond donors (Lipinski definition) is 1. The van der Waals surface area contributed by atoms with Crippen LogP contribution in [0.15, 0.2) is 35.4 Å². The Morgan fingerprint density at radius 1 is 1.32 bits per heavy atom. The Bertz CT molecular complexity index is 672. The van der Waals surface area contributed by atoms with Gasteiger partial charge in [0.05, 0.1) is 0 Å². The molecule has 0 bridgehead atoms. The van der Waals surface area contributed by atoms with Crippen LogP contribution in [0.25, 0.3) is 5.65 Å². The van der Waals surface area contributed by atoms with Gasteiger partial charge in [-0.15, -0.1) is 0 Å². The standard InChI is InChI=1S/C14H15N3O2/c18-13(16-10-5-1-2-6-10)11-9-15-12-7-3-4-8-17(12)14(11)19/h3-4,7-10H,1-2,5-6H2,(H,16,18). The second kappa shape index (κ2) is 4.84. The van der Waals surface area contributed by atoms with E-state index >= 15 is 0 Å². The fourth-order valence-corrected chi connectivity index (χ4v) is 2.52. The summed E-state index contributed by atoms with van der Waals surface area (Å²) in [7, 11) is 0. The van der Waals surface area contributed by atoms with Crippen LogP contribution in [-0.2, 0) is 0 Å². The highest BCUT2D eigenvalue weighted by Gasteiger charge is 2.20. The highest BCUT2D eigenvalue weighted by Crippen LogP contribution is 2.17. The van der Waals surface area contributed by atoms with Gasteiger partial charge in [0.2, 0.25) is 0 Å². The van der Waals surface area contributed by atoms with Crippen molar-refractivity contribution in [3.05, 3.63) is 46.5 Å². The Hall–Kier alpha value is -2.17. The van der Waals surface area contributed by atoms with Gasteiger partial charge in [-0.1, -0.05) is 18.9 Å². The number of pyridine rings is 1. The average molecular weight is 257 g/mol. The predicted octanol–water partition coefficient (Wildman–Crippen LogP) is 1.37. The minimum Gasteiger partial charge on any atom is -0.349 e. The van der Waals surface area contributed by atoms with Crippen molar-refractivity contribution in [3.8, 4) is 0 Å². The van der Waals surface area contributed by atoms with Crippen molar-refractivity contribution in [2.75, 3.05) is 0 Å². The third-order valence-electron chi connectivity index (χ3n) is 3.55. The van der Waals surface area contributed by atoms with Crippen LogP contribution < -0.4 is 10.9 Å². The van der Waals surface area contributed by atoms with E-state index in [2.05, 4.69) is 10.3 Å². The molecule has 0 aromatic carbocycles. The van der Waals surface area contributed by atoms with Gasteiger partial charge in [-0.2, -0.15) is 0 Å². The fraction of sp³-hybridized carbons (Fsp3) is 0.357. The highest BCUT2D eigenvalue weighted by atomic mass is 16.2. The van der Waals surface area contributed by atoms with E-state index in [0.29, 0.717) is 5.65 Å². The molecule has 1 amide bonds. The van der Waals surface area contributed by atoms with Crippen molar-refractivity contribution in [2.24, 2.45) is 0 Å². The Morgan fingerprint density at radius 3 is 2.89 bits per heavy atom. The smallest absolute Gasteiger partial charge is 0.270 e. The van der Waals surface area contributed by atoms with Crippen molar-refractivity contribution in [1.82, 2.24) is 14.7 Å². The molecule has 1 aliphatic rings. The van der Waals surface area contributed by atoms with Crippen molar-refractivity contribution in [1.29, 1.82) is 0 Å². The summed E-state index contributed by atoms with van der Waals surface area (Å²) < 4.78 is 1.39. The summed E-state index contributed by atoms with van der Waals surface area (Å²) in [6.45, 7) is 0. The van der Waals surface area contributed by atoms with Gasteiger partial charge in [0.1, 0.15) is 11.2 Å². The molecule has 1 N–H and O–H groups in total. The van der Waals surface area contributed by atoms with Gasteiger partial charge in [0.15, 0.2) is 0 Å². The van der Waals surface area contributed by atoms with E-state index < -0.39 is 0 Å². The predicted molar refractivity (Wildman–Crippen MR) is 71.2 cm³/mol. The Balaban J connectivity index is 1.94. The maximum atomic E-state index is 12.2. The number of carbonyl (C=O) groups excluding carboxylic acids is 1. The van der Waals surface area contributed by atoms with Crippen LogP contribution in [0, 0.1) is 0 Å². The van der Waals surface area contributed by atoms with Crippen molar-refractivity contribution >= 4 is 11.6 Å². The van der Waals surface area contributed by atoms with Gasteiger partial charge >= 0.3 is 0 Å². The van der Waals surface area contributed by atoms with Crippen molar-refractivity contribution < 1.29 is 4.79 Å². The average Bonchev–Trinajstić information content (AvgIpc) is 2.92. The van der Waals surface area contributed by atoms with Gasteiger partial charge in [-0.3, -0.25) is 14.0 Å². The van der Waals surface area contributed by atoms with Crippen molar-refractivity contribution in [2.45, 2.75) is 31.7 Å². The van der Waals surface area contributed by atoms with Crippen LogP contribution in [-0.4, -0.2) is 21.3 Å². The molecule has 19 heavy (non-hydrogen) atoms. The molecule has 0 aliphatic heterocycles. The number of aromatic nitrogens is 2. The van der Waals surface area contributed by atoms with Gasteiger partial charge in [-0.05, 0) is 25.0 Å². The maximum absolute atomic E-state index is 12.2. The molecule has 3 rings (SSSR count). The van der Waals surface area contributed by atoms with Crippen LogP contribution in [0.1, 0.15) is 36.0 Å². The number of hydrogen-bond acceptors (Lipinski definition) is 3. The number of amides is 1. The number of fused-ring (bicyclic) bond motifs is 1.